The van der Waals surface area contributed by atoms with Gasteiger partial charge < -0.3 is 16.4 Å². The maximum atomic E-state index is 12.2. The van der Waals surface area contributed by atoms with Crippen molar-refractivity contribution in [2.45, 2.75) is 6.92 Å². The first-order valence-electron chi connectivity index (χ1n) is 6.51. The van der Waals surface area contributed by atoms with Gasteiger partial charge in [0.25, 0.3) is 11.8 Å². The van der Waals surface area contributed by atoms with Crippen LogP contribution < -0.4 is 16.4 Å². The van der Waals surface area contributed by atoms with Crippen LogP contribution in [0.4, 0.5) is 11.4 Å². The third-order valence-corrected chi connectivity index (χ3v) is 3.09. The molecule has 0 heterocycles. The van der Waals surface area contributed by atoms with Crippen molar-refractivity contribution < 1.29 is 9.59 Å². The van der Waals surface area contributed by atoms with E-state index in [2.05, 4.69) is 10.6 Å². The van der Waals surface area contributed by atoms with E-state index in [9.17, 15) is 9.59 Å². The number of anilines is 2. The molecule has 0 fully saturated rings. The Bertz CT molecular complexity index is 678. The Morgan fingerprint density at radius 1 is 1.00 bits per heavy atom. The monoisotopic (exact) mass is 283 g/mol. The van der Waals surface area contributed by atoms with Gasteiger partial charge in [0.05, 0.1) is 5.56 Å². The van der Waals surface area contributed by atoms with Gasteiger partial charge in [-0.25, -0.2) is 0 Å². The maximum absolute atomic E-state index is 12.2. The standard InChI is InChI=1S/C16H17N3O2/c1-10-3-8-14(17)13(9-10)16(21)19-12-6-4-11(5-7-12)15(20)18-2/h3-9H,17H2,1-2H3,(H,18,20)(H,19,21). The van der Waals surface area contributed by atoms with Crippen molar-refractivity contribution in [1.82, 2.24) is 5.32 Å². The summed E-state index contributed by atoms with van der Waals surface area (Å²) < 4.78 is 0. The highest BCUT2D eigenvalue weighted by Crippen LogP contribution is 2.17. The molecule has 0 atom stereocenters. The van der Waals surface area contributed by atoms with Crippen molar-refractivity contribution in [3.63, 3.8) is 0 Å². The molecule has 2 amide bonds. The summed E-state index contributed by atoms with van der Waals surface area (Å²) in [5, 5.41) is 5.30. The van der Waals surface area contributed by atoms with Gasteiger partial charge in [-0.05, 0) is 43.3 Å². The smallest absolute Gasteiger partial charge is 0.257 e. The number of benzene rings is 2. The van der Waals surface area contributed by atoms with Crippen LogP contribution >= 0.6 is 0 Å². The molecule has 0 spiro atoms. The number of nitrogen functional groups attached to an aromatic ring is 1. The van der Waals surface area contributed by atoms with Crippen LogP contribution in [0.25, 0.3) is 0 Å². The maximum Gasteiger partial charge on any atom is 0.257 e. The SMILES string of the molecule is CNC(=O)c1ccc(NC(=O)c2cc(C)ccc2N)cc1. The Morgan fingerprint density at radius 3 is 2.29 bits per heavy atom. The molecular weight excluding hydrogens is 266 g/mol. The molecule has 0 aliphatic carbocycles. The van der Waals surface area contributed by atoms with E-state index in [1.54, 1.807) is 43.4 Å². The van der Waals surface area contributed by atoms with Gasteiger partial charge in [0.1, 0.15) is 0 Å². The van der Waals surface area contributed by atoms with Crippen molar-refractivity contribution in [3.05, 3.63) is 59.2 Å². The van der Waals surface area contributed by atoms with Crippen LogP contribution in [0.15, 0.2) is 42.5 Å². The van der Waals surface area contributed by atoms with E-state index >= 15 is 0 Å². The molecule has 0 radical (unpaired) electrons. The molecule has 0 aromatic heterocycles. The summed E-state index contributed by atoms with van der Waals surface area (Å²) >= 11 is 0. The topological polar surface area (TPSA) is 84.2 Å². The van der Waals surface area contributed by atoms with Crippen LogP contribution in [0.3, 0.4) is 0 Å². The number of hydrogen-bond acceptors (Lipinski definition) is 3. The van der Waals surface area contributed by atoms with Gasteiger partial charge in [-0.2, -0.15) is 0 Å². The number of hydrogen-bond donors (Lipinski definition) is 3. The van der Waals surface area contributed by atoms with Crippen molar-refractivity contribution in [2.75, 3.05) is 18.1 Å². The molecule has 2 aromatic carbocycles. The number of carbonyl (C=O) groups excluding carboxylic acids is 2. The Balaban J connectivity index is 2.16. The molecule has 5 heteroatoms. The third kappa shape index (κ3) is 3.39. The predicted molar refractivity (Wildman–Crippen MR) is 83.4 cm³/mol. The highest BCUT2D eigenvalue weighted by Gasteiger charge is 2.10. The Morgan fingerprint density at radius 2 is 1.67 bits per heavy atom. The van der Waals surface area contributed by atoms with E-state index in [-0.39, 0.29) is 11.8 Å². The fourth-order valence-electron chi connectivity index (χ4n) is 1.91. The largest absolute Gasteiger partial charge is 0.398 e. The van der Waals surface area contributed by atoms with Gasteiger partial charge in [-0.1, -0.05) is 11.6 Å². The lowest BCUT2D eigenvalue weighted by molar-refractivity contribution is 0.0962. The van der Waals surface area contributed by atoms with Gasteiger partial charge in [0.2, 0.25) is 0 Å². The number of nitrogens with two attached hydrogens (primary N) is 1. The van der Waals surface area contributed by atoms with Gasteiger partial charge in [-0.15, -0.1) is 0 Å². The van der Waals surface area contributed by atoms with Crippen LogP contribution in [-0.4, -0.2) is 18.9 Å². The molecule has 0 bridgehead atoms. The van der Waals surface area contributed by atoms with Crippen molar-refractivity contribution in [2.24, 2.45) is 0 Å². The number of aryl methyl sites for hydroxylation is 1. The first-order valence-corrected chi connectivity index (χ1v) is 6.51. The molecule has 5 nitrogen and oxygen atoms in total. The molecular formula is C16H17N3O2. The second-order valence-corrected chi connectivity index (χ2v) is 4.70. The number of nitrogens with one attached hydrogen (secondary N) is 2. The van der Waals surface area contributed by atoms with Crippen molar-refractivity contribution in [1.29, 1.82) is 0 Å². The summed E-state index contributed by atoms with van der Waals surface area (Å²) in [4.78, 5) is 23.6. The minimum atomic E-state index is -0.274. The number of rotatable bonds is 3. The molecule has 2 aromatic rings. The van der Waals surface area contributed by atoms with Crippen LogP contribution in [0.5, 0.6) is 0 Å². The van der Waals surface area contributed by atoms with Gasteiger partial charge >= 0.3 is 0 Å². The molecule has 0 aliphatic rings. The van der Waals surface area contributed by atoms with E-state index in [0.717, 1.165) is 5.56 Å². The minimum absolute atomic E-state index is 0.171. The lowest BCUT2D eigenvalue weighted by Gasteiger charge is -2.09. The molecule has 0 saturated heterocycles. The summed E-state index contributed by atoms with van der Waals surface area (Å²) in [5.41, 5.74) is 8.78. The highest BCUT2D eigenvalue weighted by atomic mass is 16.2. The van der Waals surface area contributed by atoms with Crippen molar-refractivity contribution >= 4 is 23.2 Å². The summed E-state index contributed by atoms with van der Waals surface area (Å²) in [6.45, 7) is 1.90. The van der Waals surface area contributed by atoms with E-state index in [1.807, 2.05) is 13.0 Å². The van der Waals surface area contributed by atoms with Crippen LogP contribution in [0, 0.1) is 6.92 Å². The lowest BCUT2D eigenvalue weighted by Crippen LogP contribution is -2.18. The van der Waals surface area contributed by atoms with E-state index in [1.165, 1.54) is 0 Å². The van der Waals surface area contributed by atoms with E-state index in [0.29, 0.717) is 22.5 Å². The van der Waals surface area contributed by atoms with Crippen molar-refractivity contribution in [3.8, 4) is 0 Å². The quantitative estimate of drug-likeness (QED) is 0.755. The number of carbonyl (C=O) groups is 2. The van der Waals surface area contributed by atoms with Crippen LogP contribution in [0.2, 0.25) is 0 Å². The second-order valence-electron chi connectivity index (χ2n) is 4.70. The van der Waals surface area contributed by atoms with E-state index in [4.69, 9.17) is 5.73 Å². The fourth-order valence-corrected chi connectivity index (χ4v) is 1.91. The van der Waals surface area contributed by atoms with Crippen LogP contribution in [-0.2, 0) is 0 Å². The van der Waals surface area contributed by atoms with Crippen LogP contribution in [0.1, 0.15) is 26.3 Å². The number of amides is 2. The molecule has 21 heavy (non-hydrogen) atoms. The summed E-state index contributed by atoms with van der Waals surface area (Å²) in [6, 6.07) is 11.9. The summed E-state index contributed by atoms with van der Waals surface area (Å²) in [5.74, 6) is -0.445. The molecule has 2 rings (SSSR count). The normalized spacial score (nSPS) is 10.0. The highest BCUT2D eigenvalue weighted by molar-refractivity contribution is 6.08. The lowest BCUT2D eigenvalue weighted by atomic mass is 10.1. The molecule has 0 unspecified atom stereocenters. The predicted octanol–water partition coefficient (Wildman–Crippen LogP) is 2.19. The average molecular weight is 283 g/mol. The van der Waals surface area contributed by atoms with Gasteiger partial charge in [0, 0.05) is 24.0 Å². The zero-order chi connectivity index (χ0) is 15.4. The molecule has 0 saturated carbocycles. The summed E-state index contributed by atoms with van der Waals surface area (Å²) in [7, 11) is 1.57. The minimum Gasteiger partial charge on any atom is -0.398 e. The molecule has 4 N–H and O–H groups in total. The van der Waals surface area contributed by atoms with Gasteiger partial charge in [0.15, 0.2) is 0 Å². The Hall–Kier alpha value is -2.82. The zero-order valence-electron chi connectivity index (χ0n) is 11.9. The Kier molecular flexibility index (Phi) is 4.23. The summed E-state index contributed by atoms with van der Waals surface area (Å²) in [6.07, 6.45) is 0. The first-order chi connectivity index (χ1) is 10.0. The molecule has 0 aliphatic heterocycles. The molecule has 108 valence electrons. The zero-order valence-corrected chi connectivity index (χ0v) is 11.9. The van der Waals surface area contributed by atoms with E-state index < -0.39 is 0 Å². The third-order valence-electron chi connectivity index (χ3n) is 3.09. The fraction of sp³-hybridized carbons (Fsp3) is 0.125. The Labute approximate surface area is 123 Å². The van der Waals surface area contributed by atoms with Gasteiger partial charge in [-0.3, -0.25) is 9.59 Å². The average Bonchev–Trinajstić information content (AvgIpc) is 2.49. The first kappa shape index (κ1) is 14.6. The second kappa shape index (κ2) is 6.09.